The molecule has 14 heavy (non-hydrogen) atoms. The molecule has 76 valence electrons. The van der Waals surface area contributed by atoms with Crippen molar-refractivity contribution in [3.05, 3.63) is 28.7 Å². The van der Waals surface area contributed by atoms with Crippen LogP contribution in [-0.2, 0) is 0 Å². The molecule has 1 aromatic rings. The van der Waals surface area contributed by atoms with Crippen LogP contribution in [0.15, 0.2) is 33.7 Å². The van der Waals surface area contributed by atoms with Gasteiger partial charge in [-0.05, 0) is 35.0 Å². The molecule has 1 rings (SSSR count). The number of aliphatic imine (C=N–C) groups is 1. The third-order valence-electron chi connectivity index (χ3n) is 1.58. The number of nitrogens with zero attached hydrogens (tertiary/aromatic N) is 1. The van der Waals surface area contributed by atoms with E-state index in [2.05, 4.69) is 31.7 Å². The quantitative estimate of drug-likeness (QED) is 0.327. The van der Waals surface area contributed by atoms with Crippen molar-refractivity contribution >= 4 is 27.6 Å². The number of hydrazine groups is 1. The Morgan fingerprint density at radius 1 is 1.50 bits per heavy atom. The molecule has 0 bridgehead atoms. The van der Waals surface area contributed by atoms with Gasteiger partial charge in [-0.15, -0.1) is 0 Å². The molecule has 4 nitrogen and oxygen atoms in total. The fraction of sp³-hybridized carbons (Fsp3) is 0.222. The van der Waals surface area contributed by atoms with E-state index in [0.29, 0.717) is 12.5 Å². The van der Waals surface area contributed by atoms with Gasteiger partial charge in [0.05, 0.1) is 5.69 Å². The van der Waals surface area contributed by atoms with E-state index in [0.717, 1.165) is 10.2 Å². The molecule has 0 radical (unpaired) electrons. The highest BCUT2D eigenvalue weighted by Gasteiger charge is 2.00. The van der Waals surface area contributed by atoms with Crippen LogP contribution in [0.2, 0.25) is 0 Å². The number of hydrogen-bond acceptors (Lipinski definition) is 2. The van der Waals surface area contributed by atoms with Crippen LogP contribution in [0, 0.1) is 0 Å². The number of benzene rings is 1. The summed E-state index contributed by atoms with van der Waals surface area (Å²) in [6, 6.07) is 7.77. The predicted octanol–water partition coefficient (Wildman–Crippen LogP) is 1.70. The smallest absolute Gasteiger partial charge is 0.210 e. The van der Waals surface area contributed by atoms with Gasteiger partial charge < -0.3 is 5.32 Å². The maximum atomic E-state index is 5.30. The Hall–Kier alpha value is -1.07. The minimum absolute atomic E-state index is 0.555. The monoisotopic (exact) mass is 256 g/mol. The summed E-state index contributed by atoms with van der Waals surface area (Å²) in [7, 11) is 0. The number of halogens is 1. The van der Waals surface area contributed by atoms with E-state index in [9.17, 15) is 0 Å². The second kappa shape index (κ2) is 5.62. The SMILES string of the molecule is CCN=C(NN)Nc1ccccc1Br. The summed E-state index contributed by atoms with van der Waals surface area (Å²) in [5.74, 6) is 5.85. The van der Waals surface area contributed by atoms with E-state index < -0.39 is 0 Å². The van der Waals surface area contributed by atoms with Gasteiger partial charge in [0.2, 0.25) is 5.96 Å². The van der Waals surface area contributed by atoms with Crippen LogP contribution < -0.4 is 16.6 Å². The van der Waals surface area contributed by atoms with E-state index in [4.69, 9.17) is 5.84 Å². The van der Waals surface area contributed by atoms with E-state index >= 15 is 0 Å². The summed E-state index contributed by atoms with van der Waals surface area (Å²) < 4.78 is 0.971. The minimum Gasteiger partial charge on any atom is -0.324 e. The topological polar surface area (TPSA) is 62.4 Å². The molecular formula is C9H13BrN4. The number of para-hydroxylation sites is 1. The second-order valence-corrected chi connectivity index (χ2v) is 3.43. The fourth-order valence-electron chi connectivity index (χ4n) is 0.970. The van der Waals surface area contributed by atoms with Gasteiger partial charge in [0, 0.05) is 11.0 Å². The van der Waals surface area contributed by atoms with E-state index in [1.165, 1.54) is 0 Å². The van der Waals surface area contributed by atoms with Crippen molar-refractivity contribution in [1.82, 2.24) is 5.43 Å². The average Bonchev–Trinajstić information content (AvgIpc) is 2.20. The largest absolute Gasteiger partial charge is 0.324 e. The van der Waals surface area contributed by atoms with Crippen LogP contribution in [-0.4, -0.2) is 12.5 Å². The van der Waals surface area contributed by atoms with Gasteiger partial charge in [0.15, 0.2) is 0 Å². The van der Waals surface area contributed by atoms with E-state index in [-0.39, 0.29) is 0 Å². The minimum atomic E-state index is 0.555. The van der Waals surface area contributed by atoms with Crippen molar-refractivity contribution in [2.24, 2.45) is 10.8 Å². The first-order valence-corrected chi connectivity index (χ1v) is 5.09. The Morgan fingerprint density at radius 3 is 2.79 bits per heavy atom. The van der Waals surface area contributed by atoms with E-state index in [1.807, 2.05) is 31.2 Å². The Balaban J connectivity index is 2.77. The molecule has 0 fully saturated rings. The molecule has 0 aliphatic rings. The molecule has 0 unspecified atom stereocenters. The zero-order valence-corrected chi connectivity index (χ0v) is 9.51. The van der Waals surface area contributed by atoms with Crippen molar-refractivity contribution < 1.29 is 0 Å². The zero-order valence-electron chi connectivity index (χ0n) is 7.92. The predicted molar refractivity (Wildman–Crippen MR) is 63.1 cm³/mol. The lowest BCUT2D eigenvalue weighted by Crippen LogP contribution is -2.36. The molecular weight excluding hydrogens is 244 g/mol. The standard InChI is InChI=1S/C9H13BrN4/c1-2-12-9(14-11)13-8-6-4-3-5-7(8)10/h3-6H,2,11H2,1H3,(H2,12,13,14). The van der Waals surface area contributed by atoms with Crippen LogP contribution in [0.4, 0.5) is 5.69 Å². The molecule has 4 N–H and O–H groups in total. The van der Waals surface area contributed by atoms with Crippen molar-refractivity contribution in [2.45, 2.75) is 6.92 Å². The lowest BCUT2D eigenvalue weighted by atomic mass is 10.3. The summed E-state index contributed by atoms with van der Waals surface area (Å²) in [6.45, 7) is 2.62. The molecule has 0 aromatic heterocycles. The van der Waals surface area contributed by atoms with Crippen LogP contribution in [0.25, 0.3) is 0 Å². The Labute approximate surface area is 91.7 Å². The third-order valence-corrected chi connectivity index (χ3v) is 2.27. The molecule has 0 heterocycles. The number of hydrogen-bond donors (Lipinski definition) is 3. The third kappa shape index (κ3) is 3.01. The highest BCUT2D eigenvalue weighted by atomic mass is 79.9. The van der Waals surface area contributed by atoms with Gasteiger partial charge in [0.1, 0.15) is 0 Å². The van der Waals surface area contributed by atoms with Crippen molar-refractivity contribution in [2.75, 3.05) is 11.9 Å². The Morgan fingerprint density at radius 2 is 2.21 bits per heavy atom. The molecule has 0 amide bonds. The number of rotatable bonds is 2. The molecule has 1 aromatic carbocycles. The van der Waals surface area contributed by atoms with Gasteiger partial charge in [-0.3, -0.25) is 10.4 Å². The van der Waals surface area contributed by atoms with Gasteiger partial charge in [-0.25, -0.2) is 5.84 Å². The highest BCUT2D eigenvalue weighted by molar-refractivity contribution is 9.10. The summed E-state index contributed by atoms with van der Waals surface area (Å²) in [5.41, 5.74) is 3.43. The molecule has 0 aliphatic heterocycles. The molecule has 5 heteroatoms. The lowest BCUT2D eigenvalue weighted by molar-refractivity contribution is 0.986. The van der Waals surface area contributed by atoms with Gasteiger partial charge in [-0.1, -0.05) is 12.1 Å². The maximum absolute atomic E-state index is 5.30. The summed E-state index contributed by atoms with van der Waals surface area (Å²) >= 11 is 3.42. The van der Waals surface area contributed by atoms with Crippen LogP contribution in [0.1, 0.15) is 6.92 Å². The highest BCUT2D eigenvalue weighted by Crippen LogP contribution is 2.20. The van der Waals surface area contributed by atoms with Crippen LogP contribution in [0.5, 0.6) is 0 Å². The molecule has 0 saturated heterocycles. The second-order valence-electron chi connectivity index (χ2n) is 2.57. The molecule has 0 spiro atoms. The zero-order chi connectivity index (χ0) is 10.4. The lowest BCUT2D eigenvalue weighted by Gasteiger charge is -2.09. The van der Waals surface area contributed by atoms with E-state index in [1.54, 1.807) is 0 Å². The van der Waals surface area contributed by atoms with Gasteiger partial charge in [0.25, 0.3) is 0 Å². The van der Waals surface area contributed by atoms with Crippen molar-refractivity contribution in [3.63, 3.8) is 0 Å². The number of anilines is 1. The maximum Gasteiger partial charge on any atom is 0.210 e. The average molecular weight is 257 g/mol. The summed E-state index contributed by atoms with van der Waals surface area (Å²) in [5, 5.41) is 3.06. The number of nitrogens with two attached hydrogens (primary N) is 1. The molecule has 0 aliphatic carbocycles. The van der Waals surface area contributed by atoms with Crippen LogP contribution >= 0.6 is 15.9 Å². The van der Waals surface area contributed by atoms with Gasteiger partial charge >= 0.3 is 0 Å². The first kappa shape index (κ1) is 11.0. The van der Waals surface area contributed by atoms with Crippen LogP contribution in [0.3, 0.4) is 0 Å². The number of guanidine groups is 1. The fourth-order valence-corrected chi connectivity index (χ4v) is 1.35. The molecule has 0 atom stereocenters. The number of nitrogens with one attached hydrogen (secondary N) is 2. The van der Waals surface area contributed by atoms with Gasteiger partial charge in [-0.2, -0.15) is 0 Å². The summed E-state index contributed by atoms with van der Waals surface area (Å²) in [6.07, 6.45) is 0. The van der Waals surface area contributed by atoms with Crippen molar-refractivity contribution in [3.8, 4) is 0 Å². The normalized spacial score (nSPS) is 11.2. The Kier molecular flexibility index (Phi) is 4.42. The first-order chi connectivity index (χ1) is 6.77. The van der Waals surface area contributed by atoms with Crippen molar-refractivity contribution in [1.29, 1.82) is 0 Å². The Bertz CT molecular complexity index is 324. The molecule has 0 saturated carbocycles. The summed E-state index contributed by atoms with van der Waals surface area (Å²) in [4.78, 5) is 4.13. The first-order valence-electron chi connectivity index (χ1n) is 4.30.